The zero-order valence-electron chi connectivity index (χ0n) is 10.6. The number of nitrogens with one attached hydrogen (secondary N) is 2. The number of para-hydroxylation sites is 2. The van der Waals surface area contributed by atoms with Crippen LogP contribution in [0.1, 0.15) is 31.5 Å². The lowest BCUT2D eigenvalue weighted by molar-refractivity contribution is 0.539. The van der Waals surface area contributed by atoms with E-state index in [-0.39, 0.29) is 5.54 Å². The fraction of sp³-hybridized carbons (Fsp3) is 0.500. The fourth-order valence-corrected chi connectivity index (χ4v) is 2.27. The first kappa shape index (κ1) is 11.7. The molecule has 2 aromatic rings. The average Bonchev–Trinajstić information content (AvgIpc) is 2.96. The molecule has 1 aromatic carbocycles. The van der Waals surface area contributed by atoms with Crippen molar-refractivity contribution in [2.24, 2.45) is 5.73 Å². The van der Waals surface area contributed by atoms with E-state index in [9.17, 15) is 0 Å². The molecule has 0 aliphatic heterocycles. The Balaban J connectivity index is 1.44. The lowest BCUT2D eigenvalue weighted by Gasteiger charge is -2.07. The molecule has 0 radical (unpaired) electrons. The van der Waals surface area contributed by atoms with Crippen LogP contribution in [0.2, 0.25) is 0 Å². The van der Waals surface area contributed by atoms with Crippen LogP contribution in [0.4, 0.5) is 0 Å². The summed E-state index contributed by atoms with van der Waals surface area (Å²) in [4.78, 5) is 7.85. The standard InChI is InChI=1S/C14H20N4/c15-14(7-8-14)6-3-9-16-10-13-17-11-4-1-2-5-12(11)18-13/h1-2,4-5,16H,3,6-10,15H2,(H,17,18). The summed E-state index contributed by atoms with van der Waals surface area (Å²) >= 11 is 0. The molecule has 0 unspecified atom stereocenters. The quantitative estimate of drug-likeness (QED) is 0.680. The SMILES string of the molecule is NC1(CCCNCc2nc3ccccc3[nH]2)CC1. The van der Waals surface area contributed by atoms with Gasteiger partial charge in [0.15, 0.2) is 0 Å². The molecule has 0 bridgehead atoms. The van der Waals surface area contributed by atoms with Crippen molar-refractivity contribution in [1.29, 1.82) is 0 Å². The zero-order valence-corrected chi connectivity index (χ0v) is 10.6. The molecule has 4 nitrogen and oxygen atoms in total. The van der Waals surface area contributed by atoms with Crippen LogP contribution in [0.3, 0.4) is 0 Å². The van der Waals surface area contributed by atoms with Crippen LogP contribution < -0.4 is 11.1 Å². The summed E-state index contributed by atoms with van der Waals surface area (Å²) in [6.07, 6.45) is 4.70. The van der Waals surface area contributed by atoms with Crippen LogP contribution in [0.25, 0.3) is 11.0 Å². The highest BCUT2D eigenvalue weighted by Gasteiger charge is 2.36. The molecule has 1 saturated carbocycles. The first-order chi connectivity index (χ1) is 8.75. The number of aromatic nitrogens is 2. The second kappa shape index (κ2) is 4.71. The van der Waals surface area contributed by atoms with Crippen LogP contribution in [0, 0.1) is 0 Å². The molecule has 3 rings (SSSR count). The third kappa shape index (κ3) is 2.71. The Morgan fingerprint density at radius 3 is 2.94 bits per heavy atom. The van der Waals surface area contributed by atoms with Gasteiger partial charge in [0.05, 0.1) is 17.6 Å². The largest absolute Gasteiger partial charge is 0.341 e. The van der Waals surface area contributed by atoms with E-state index < -0.39 is 0 Å². The lowest BCUT2D eigenvalue weighted by Crippen LogP contribution is -2.24. The molecule has 0 atom stereocenters. The van der Waals surface area contributed by atoms with E-state index in [1.165, 1.54) is 12.8 Å². The first-order valence-corrected chi connectivity index (χ1v) is 6.68. The van der Waals surface area contributed by atoms with Crippen LogP contribution in [0.5, 0.6) is 0 Å². The topological polar surface area (TPSA) is 66.7 Å². The van der Waals surface area contributed by atoms with Gasteiger partial charge in [0, 0.05) is 5.54 Å². The summed E-state index contributed by atoms with van der Waals surface area (Å²) in [6.45, 7) is 1.81. The number of hydrogen-bond acceptors (Lipinski definition) is 3. The highest BCUT2D eigenvalue weighted by molar-refractivity contribution is 5.74. The highest BCUT2D eigenvalue weighted by atomic mass is 15.0. The summed E-state index contributed by atoms with van der Waals surface area (Å²) in [5.41, 5.74) is 8.37. The number of nitrogens with zero attached hydrogens (tertiary/aromatic N) is 1. The molecular formula is C14H20N4. The van der Waals surface area contributed by atoms with Crippen molar-refractivity contribution in [3.05, 3.63) is 30.1 Å². The van der Waals surface area contributed by atoms with Crippen LogP contribution >= 0.6 is 0 Å². The van der Waals surface area contributed by atoms with Gasteiger partial charge in [0.25, 0.3) is 0 Å². The number of nitrogens with two attached hydrogens (primary N) is 1. The van der Waals surface area contributed by atoms with E-state index in [1.54, 1.807) is 0 Å². The van der Waals surface area contributed by atoms with E-state index >= 15 is 0 Å². The lowest BCUT2D eigenvalue weighted by atomic mass is 10.1. The summed E-state index contributed by atoms with van der Waals surface area (Å²) in [5, 5.41) is 3.41. The maximum absolute atomic E-state index is 6.04. The van der Waals surface area contributed by atoms with Gasteiger partial charge in [-0.15, -0.1) is 0 Å². The maximum atomic E-state index is 6.04. The van der Waals surface area contributed by atoms with Crippen molar-refractivity contribution >= 4 is 11.0 Å². The molecule has 0 amide bonds. The van der Waals surface area contributed by atoms with Gasteiger partial charge < -0.3 is 16.0 Å². The van der Waals surface area contributed by atoms with Gasteiger partial charge in [-0.05, 0) is 44.4 Å². The number of imidazole rings is 1. The monoisotopic (exact) mass is 244 g/mol. The van der Waals surface area contributed by atoms with E-state index in [0.29, 0.717) is 0 Å². The minimum atomic E-state index is 0.182. The average molecular weight is 244 g/mol. The molecule has 0 saturated heterocycles. The molecule has 1 aliphatic rings. The number of fused-ring (bicyclic) bond motifs is 1. The molecule has 1 aromatic heterocycles. The Morgan fingerprint density at radius 2 is 2.17 bits per heavy atom. The number of aromatic amines is 1. The molecule has 4 N–H and O–H groups in total. The summed E-state index contributed by atoms with van der Waals surface area (Å²) in [5.74, 6) is 1.00. The van der Waals surface area contributed by atoms with Crippen molar-refractivity contribution in [3.63, 3.8) is 0 Å². The number of rotatable bonds is 6. The molecule has 18 heavy (non-hydrogen) atoms. The Labute approximate surface area is 107 Å². The third-order valence-corrected chi connectivity index (χ3v) is 3.65. The van der Waals surface area contributed by atoms with Gasteiger partial charge in [-0.2, -0.15) is 0 Å². The molecular weight excluding hydrogens is 224 g/mol. The van der Waals surface area contributed by atoms with Crippen molar-refractivity contribution in [2.75, 3.05) is 6.54 Å². The van der Waals surface area contributed by atoms with Gasteiger partial charge in [-0.25, -0.2) is 4.98 Å². The molecule has 0 spiro atoms. The molecule has 1 aliphatic carbocycles. The normalized spacial score (nSPS) is 17.2. The minimum Gasteiger partial charge on any atom is -0.341 e. The third-order valence-electron chi connectivity index (χ3n) is 3.65. The molecule has 96 valence electrons. The van der Waals surface area contributed by atoms with Gasteiger partial charge in [-0.1, -0.05) is 12.1 Å². The van der Waals surface area contributed by atoms with Gasteiger partial charge >= 0.3 is 0 Å². The van der Waals surface area contributed by atoms with Crippen LogP contribution in [0.15, 0.2) is 24.3 Å². The second-order valence-electron chi connectivity index (χ2n) is 5.34. The van der Waals surface area contributed by atoms with Crippen LogP contribution in [-0.2, 0) is 6.54 Å². The smallest absolute Gasteiger partial charge is 0.121 e. The van der Waals surface area contributed by atoms with Gasteiger partial charge in [0.2, 0.25) is 0 Å². The predicted octanol–water partition coefficient (Wildman–Crippen LogP) is 1.92. The first-order valence-electron chi connectivity index (χ1n) is 6.68. The Hall–Kier alpha value is -1.39. The maximum Gasteiger partial charge on any atom is 0.121 e. The molecule has 1 fully saturated rings. The zero-order chi connectivity index (χ0) is 12.4. The number of hydrogen-bond donors (Lipinski definition) is 3. The Kier molecular flexibility index (Phi) is 3.06. The predicted molar refractivity (Wildman–Crippen MR) is 73.2 cm³/mol. The highest BCUT2D eigenvalue weighted by Crippen LogP contribution is 2.36. The van der Waals surface area contributed by atoms with E-state index in [1.807, 2.05) is 18.2 Å². The van der Waals surface area contributed by atoms with Gasteiger partial charge in [0.1, 0.15) is 5.82 Å². The fourth-order valence-electron chi connectivity index (χ4n) is 2.27. The minimum absolute atomic E-state index is 0.182. The van der Waals surface area contributed by atoms with E-state index in [2.05, 4.69) is 21.4 Å². The van der Waals surface area contributed by atoms with Crippen molar-refractivity contribution < 1.29 is 0 Å². The second-order valence-corrected chi connectivity index (χ2v) is 5.34. The van der Waals surface area contributed by atoms with Crippen molar-refractivity contribution in [3.8, 4) is 0 Å². The van der Waals surface area contributed by atoms with Crippen LogP contribution in [-0.4, -0.2) is 22.1 Å². The van der Waals surface area contributed by atoms with Gasteiger partial charge in [-0.3, -0.25) is 0 Å². The summed E-state index contributed by atoms with van der Waals surface area (Å²) in [6, 6.07) is 8.11. The van der Waals surface area contributed by atoms with E-state index in [4.69, 9.17) is 5.73 Å². The van der Waals surface area contributed by atoms with Crippen molar-refractivity contribution in [2.45, 2.75) is 37.8 Å². The molecule has 4 heteroatoms. The van der Waals surface area contributed by atoms with Crippen molar-refractivity contribution in [1.82, 2.24) is 15.3 Å². The van der Waals surface area contributed by atoms with E-state index in [0.717, 1.165) is 42.8 Å². The summed E-state index contributed by atoms with van der Waals surface area (Å²) in [7, 11) is 0. The Bertz CT molecular complexity index is 494. The molecule has 1 heterocycles. The summed E-state index contributed by atoms with van der Waals surface area (Å²) < 4.78 is 0. The Morgan fingerprint density at radius 1 is 1.33 bits per heavy atom. The number of H-pyrrole nitrogens is 1. The number of benzene rings is 1.